The smallest absolute Gasteiger partial charge is 0.00179 e. The fourth-order valence-corrected chi connectivity index (χ4v) is 4.08. The molecule has 1 N–H and O–H groups in total. The van der Waals surface area contributed by atoms with Crippen molar-refractivity contribution in [2.75, 3.05) is 13.1 Å². The van der Waals surface area contributed by atoms with Crippen molar-refractivity contribution in [3.8, 4) is 0 Å². The zero-order valence-electron chi connectivity index (χ0n) is 14.4. The van der Waals surface area contributed by atoms with Gasteiger partial charge < -0.3 is 5.32 Å². The molecule has 0 heterocycles. The van der Waals surface area contributed by atoms with Crippen LogP contribution in [0.1, 0.15) is 56.2 Å². The average molecular weight is 287 g/mol. The quantitative estimate of drug-likeness (QED) is 0.785. The summed E-state index contributed by atoms with van der Waals surface area (Å²) in [6.45, 7) is 11.5. The van der Waals surface area contributed by atoms with E-state index in [-0.39, 0.29) is 0 Å². The number of aryl methyl sites for hydroxylation is 2. The molecule has 3 unspecified atom stereocenters. The molecule has 0 aromatic heterocycles. The Bertz CT molecular complexity index is 417. The molecule has 1 saturated carbocycles. The van der Waals surface area contributed by atoms with Crippen molar-refractivity contribution >= 4 is 0 Å². The van der Waals surface area contributed by atoms with Crippen LogP contribution < -0.4 is 5.32 Å². The van der Waals surface area contributed by atoms with E-state index in [2.05, 4.69) is 51.2 Å². The molecule has 21 heavy (non-hydrogen) atoms. The number of benzene rings is 1. The van der Waals surface area contributed by atoms with Crippen LogP contribution in [0.15, 0.2) is 18.2 Å². The SMILES string of the molecule is CCNCC1CCC(CC)CC1Cc1c(C)cccc1C. The second-order valence-corrected chi connectivity index (χ2v) is 6.99. The molecule has 1 aromatic rings. The summed E-state index contributed by atoms with van der Waals surface area (Å²) >= 11 is 0. The monoisotopic (exact) mass is 287 g/mol. The van der Waals surface area contributed by atoms with Crippen molar-refractivity contribution in [1.29, 1.82) is 0 Å². The molecule has 2 rings (SSSR count). The van der Waals surface area contributed by atoms with Crippen LogP contribution in [0, 0.1) is 31.6 Å². The highest BCUT2D eigenvalue weighted by molar-refractivity contribution is 5.33. The van der Waals surface area contributed by atoms with Crippen LogP contribution in [0.5, 0.6) is 0 Å². The molecule has 3 atom stereocenters. The summed E-state index contributed by atoms with van der Waals surface area (Å²) in [5, 5.41) is 3.60. The van der Waals surface area contributed by atoms with Gasteiger partial charge in [0.05, 0.1) is 0 Å². The molecule has 0 spiro atoms. The Labute approximate surface area is 131 Å². The minimum absolute atomic E-state index is 0.863. The molecule has 1 heteroatoms. The van der Waals surface area contributed by atoms with E-state index >= 15 is 0 Å². The minimum Gasteiger partial charge on any atom is -0.317 e. The Hall–Kier alpha value is -0.820. The molecular formula is C20H33N. The third-order valence-electron chi connectivity index (χ3n) is 5.59. The first kappa shape index (κ1) is 16.5. The summed E-state index contributed by atoms with van der Waals surface area (Å²) in [5.74, 6) is 2.69. The summed E-state index contributed by atoms with van der Waals surface area (Å²) < 4.78 is 0. The van der Waals surface area contributed by atoms with Gasteiger partial charge in [-0.1, -0.05) is 44.9 Å². The third-order valence-corrected chi connectivity index (χ3v) is 5.59. The molecule has 0 bridgehead atoms. The number of rotatable bonds is 6. The fourth-order valence-electron chi connectivity index (χ4n) is 4.08. The zero-order chi connectivity index (χ0) is 15.2. The maximum atomic E-state index is 3.60. The summed E-state index contributed by atoms with van der Waals surface area (Å²) in [4.78, 5) is 0. The predicted molar refractivity (Wildman–Crippen MR) is 92.8 cm³/mol. The highest BCUT2D eigenvalue weighted by atomic mass is 14.8. The van der Waals surface area contributed by atoms with Crippen LogP contribution >= 0.6 is 0 Å². The first-order chi connectivity index (χ1) is 10.2. The van der Waals surface area contributed by atoms with E-state index in [1.807, 2.05) is 0 Å². The largest absolute Gasteiger partial charge is 0.317 e. The topological polar surface area (TPSA) is 12.0 Å². The van der Waals surface area contributed by atoms with Crippen molar-refractivity contribution in [2.24, 2.45) is 17.8 Å². The van der Waals surface area contributed by atoms with Gasteiger partial charge in [-0.25, -0.2) is 0 Å². The highest BCUT2D eigenvalue weighted by Gasteiger charge is 2.30. The Morgan fingerprint density at radius 3 is 2.38 bits per heavy atom. The minimum atomic E-state index is 0.863. The number of nitrogens with one attached hydrogen (secondary N) is 1. The first-order valence-electron chi connectivity index (χ1n) is 8.91. The van der Waals surface area contributed by atoms with E-state index in [1.165, 1.54) is 49.8 Å². The lowest BCUT2D eigenvalue weighted by molar-refractivity contribution is 0.171. The van der Waals surface area contributed by atoms with Gasteiger partial charge in [0.25, 0.3) is 0 Å². The van der Waals surface area contributed by atoms with Gasteiger partial charge >= 0.3 is 0 Å². The standard InChI is InChI=1S/C20H33N/c1-5-17-10-11-18(14-21-6-2)19(12-17)13-20-15(3)8-7-9-16(20)4/h7-9,17-19,21H,5-6,10-14H2,1-4H3. The van der Waals surface area contributed by atoms with E-state index in [1.54, 1.807) is 5.56 Å². The summed E-state index contributed by atoms with van der Waals surface area (Å²) in [7, 11) is 0. The van der Waals surface area contributed by atoms with Gasteiger partial charge in [0.2, 0.25) is 0 Å². The fraction of sp³-hybridized carbons (Fsp3) is 0.700. The maximum Gasteiger partial charge on any atom is -0.00179 e. The molecule has 0 saturated heterocycles. The van der Waals surface area contributed by atoms with E-state index < -0.39 is 0 Å². The van der Waals surface area contributed by atoms with Gasteiger partial charge in [-0.05, 0) is 80.6 Å². The predicted octanol–water partition coefficient (Wildman–Crippen LogP) is 4.90. The van der Waals surface area contributed by atoms with E-state index in [4.69, 9.17) is 0 Å². The second-order valence-electron chi connectivity index (χ2n) is 6.99. The van der Waals surface area contributed by atoms with E-state index in [0.717, 1.165) is 24.3 Å². The molecule has 118 valence electrons. The average Bonchev–Trinajstić information content (AvgIpc) is 2.49. The van der Waals surface area contributed by atoms with Gasteiger partial charge in [0, 0.05) is 0 Å². The van der Waals surface area contributed by atoms with Crippen LogP contribution in [-0.4, -0.2) is 13.1 Å². The lowest BCUT2D eigenvalue weighted by Crippen LogP contribution is -2.34. The number of hydrogen-bond acceptors (Lipinski definition) is 1. The first-order valence-corrected chi connectivity index (χ1v) is 8.91. The Morgan fingerprint density at radius 1 is 1.05 bits per heavy atom. The summed E-state index contributed by atoms with van der Waals surface area (Å²) in [6, 6.07) is 6.75. The lowest BCUT2D eigenvalue weighted by Gasteiger charge is -2.37. The van der Waals surface area contributed by atoms with E-state index in [9.17, 15) is 0 Å². The summed E-state index contributed by atoms with van der Waals surface area (Å²) in [5.41, 5.74) is 4.58. The highest BCUT2D eigenvalue weighted by Crippen LogP contribution is 2.38. The van der Waals surface area contributed by atoms with E-state index in [0.29, 0.717) is 0 Å². The Balaban J connectivity index is 2.11. The van der Waals surface area contributed by atoms with Crippen molar-refractivity contribution in [1.82, 2.24) is 5.32 Å². The normalized spacial score (nSPS) is 26.0. The van der Waals surface area contributed by atoms with Crippen LogP contribution in [0.3, 0.4) is 0 Å². The molecule has 1 fully saturated rings. The van der Waals surface area contributed by atoms with Gasteiger partial charge in [-0.15, -0.1) is 0 Å². The van der Waals surface area contributed by atoms with Crippen LogP contribution in [0.4, 0.5) is 0 Å². The van der Waals surface area contributed by atoms with Gasteiger partial charge in [0.1, 0.15) is 0 Å². The Kier molecular flexibility index (Phi) is 6.29. The van der Waals surface area contributed by atoms with Crippen molar-refractivity contribution < 1.29 is 0 Å². The van der Waals surface area contributed by atoms with Crippen LogP contribution in [0.2, 0.25) is 0 Å². The molecular weight excluding hydrogens is 254 g/mol. The molecule has 1 nitrogen and oxygen atoms in total. The van der Waals surface area contributed by atoms with Gasteiger partial charge in [-0.3, -0.25) is 0 Å². The lowest BCUT2D eigenvalue weighted by atomic mass is 9.70. The summed E-state index contributed by atoms with van der Waals surface area (Å²) in [6.07, 6.45) is 6.93. The molecule has 1 aromatic carbocycles. The van der Waals surface area contributed by atoms with Crippen molar-refractivity contribution in [3.05, 3.63) is 34.9 Å². The van der Waals surface area contributed by atoms with Gasteiger partial charge in [-0.2, -0.15) is 0 Å². The zero-order valence-corrected chi connectivity index (χ0v) is 14.4. The molecule has 1 aliphatic rings. The van der Waals surface area contributed by atoms with Crippen molar-refractivity contribution in [2.45, 2.75) is 59.8 Å². The third kappa shape index (κ3) is 4.32. The number of hydrogen-bond donors (Lipinski definition) is 1. The Morgan fingerprint density at radius 2 is 1.76 bits per heavy atom. The maximum absolute atomic E-state index is 3.60. The second kappa shape index (κ2) is 7.98. The van der Waals surface area contributed by atoms with Crippen LogP contribution in [0.25, 0.3) is 0 Å². The molecule has 0 radical (unpaired) electrons. The van der Waals surface area contributed by atoms with Crippen molar-refractivity contribution in [3.63, 3.8) is 0 Å². The van der Waals surface area contributed by atoms with Gasteiger partial charge in [0.15, 0.2) is 0 Å². The molecule has 0 aliphatic heterocycles. The van der Waals surface area contributed by atoms with Crippen LogP contribution in [-0.2, 0) is 6.42 Å². The molecule has 0 amide bonds. The molecule has 1 aliphatic carbocycles.